The smallest absolute Gasteiger partial charge is 0.163 e. The average Bonchev–Trinajstić information content (AvgIpc) is 3.00. The summed E-state index contributed by atoms with van der Waals surface area (Å²) < 4.78 is 27.5. The van der Waals surface area contributed by atoms with E-state index in [9.17, 15) is 8.60 Å². The molecule has 118 valence electrons. The number of nitrogens with zero attached hydrogens (tertiary/aromatic N) is 3. The highest BCUT2D eigenvalue weighted by molar-refractivity contribution is 9.10. The highest BCUT2D eigenvalue weighted by Gasteiger charge is 2.09. The second-order valence-electron chi connectivity index (χ2n) is 4.92. The van der Waals surface area contributed by atoms with Gasteiger partial charge in [-0.2, -0.15) is 5.10 Å². The third-order valence-electron chi connectivity index (χ3n) is 3.16. The fourth-order valence-electron chi connectivity index (χ4n) is 2.08. The van der Waals surface area contributed by atoms with Gasteiger partial charge < -0.3 is 0 Å². The minimum atomic E-state index is -1.16. The third-order valence-corrected chi connectivity index (χ3v) is 5.00. The van der Waals surface area contributed by atoms with Crippen LogP contribution in [0.25, 0.3) is 5.69 Å². The van der Waals surface area contributed by atoms with Crippen LogP contribution in [0.2, 0.25) is 0 Å². The SMILES string of the molecule is O=S(Cc1ccc(F)c(Br)c1)Cc1ncn(-c2ccccc2)n1. The molecule has 0 saturated carbocycles. The molecule has 1 aromatic heterocycles. The van der Waals surface area contributed by atoms with Crippen molar-refractivity contribution < 1.29 is 8.60 Å². The van der Waals surface area contributed by atoms with Crippen molar-refractivity contribution in [3.8, 4) is 5.69 Å². The summed E-state index contributed by atoms with van der Waals surface area (Å²) in [4.78, 5) is 4.20. The van der Waals surface area contributed by atoms with Crippen LogP contribution >= 0.6 is 15.9 Å². The molecule has 0 amide bonds. The number of aromatic nitrogens is 3. The molecule has 23 heavy (non-hydrogen) atoms. The molecule has 0 aliphatic heterocycles. The zero-order valence-corrected chi connectivity index (χ0v) is 14.4. The monoisotopic (exact) mass is 393 g/mol. The number of para-hydroxylation sites is 1. The van der Waals surface area contributed by atoms with Crippen LogP contribution in [0, 0.1) is 5.82 Å². The van der Waals surface area contributed by atoms with E-state index in [1.807, 2.05) is 30.3 Å². The average molecular weight is 394 g/mol. The van der Waals surface area contributed by atoms with E-state index in [2.05, 4.69) is 26.0 Å². The Kier molecular flexibility index (Phi) is 4.97. The molecule has 1 heterocycles. The van der Waals surface area contributed by atoms with Gasteiger partial charge >= 0.3 is 0 Å². The maximum atomic E-state index is 13.2. The Morgan fingerprint density at radius 1 is 1.13 bits per heavy atom. The van der Waals surface area contributed by atoms with E-state index in [4.69, 9.17) is 0 Å². The second kappa shape index (κ2) is 7.14. The minimum Gasteiger partial charge on any atom is -0.259 e. The highest BCUT2D eigenvalue weighted by Crippen LogP contribution is 2.18. The van der Waals surface area contributed by atoms with Crippen molar-refractivity contribution in [1.29, 1.82) is 0 Å². The summed E-state index contributed by atoms with van der Waals surface area (Å²) in [6.07, 6.45) is 1.61. The molecule has 1 unspecified atom stereocenters. The van der Waals surface area contributed by atoms with Gasteiger partial charge in [0, 0.05) is 16.6 Å². The summed E-state index contributed by atoms with van der Waals surface area (Å²) in [5.74, 6) is 0.782. The van der Waals surface area contributed by atoms with Gasteiger partial charge in [-0.25, -0.2) is 14.1 Å². The molecule has 0 spiro atoms. The van der Waals surface area contributed by atoms with Gasteiger partial charge in [-0.05, 0) is 45.8 Å². The fourth-order valence-corrected chi connectivity index (χ4v) is 3.58. The van der Waals surface area contributed by atoms with E-state index in [-0.39, 0.29) is 11.6 Å². The number of hydrogen-bond donors (Lipinski definition) is 0. The van der Waals surface area contributed by atoms with E-state index >= 15 is 0 Å². The molecule has 3 rings (SSSR count). The Morgan fingerprint density at radius 3 is 2.65 bits per heavy atom. The van der Waals surface area contributed by atoms with Gasteiger partial charge in [-0.15, -0.1) is 0 Å². The van der Waals surface area contributed by atoms with Gasteiger partial charge in [0.1, 0.15) is 12.1 Å². The van der Waals surface area contributed by atoms with Gasteiger partial charge in [-0.1, -0.05) is 24.3 Å². The van der Waals surface area contributed by atoms with Gasteiger partial charge in [0.15, 0.2) is 5.82 Å². The Bertz CT molecular complexity index is 838. The van der Waals surface area contributed by atoms with Crippen LogP contribution in [0.4, 0.5) is 4.39 Å². The molecule has 2 aromatic carbocycles. The molecular formula is C16H13BrFN3OS. The van der Waals surface area contributed by atoms with Crippen LogP contribution < -0.4 is 0 Å². The lowest BCUT2D eigenvalue weighted by Gasteiger charge is -2.02. The van der Waals surface area contributed by atoms with Crippen molar-refractivity contribution in [2.75, 3.05) is 0 Å². The fraction of sp³-hybridized carbons (Fsp3) is 0.125. The zero-order valence-electron chi connectivity index (χ0n) is 12.0. The first-order valence-electron chi connectivity index (χ1n) is 6.87. The molecule has 0 saturated heterocycles. The molecule has 1 atom stereocenters. The van der Waals surface area contributed by atoms with E-state index in [0.29, 0.717) is 16.0 Å². The second-order valence-corrected chi connectivity index (χ2v) is 7.23. The predicted molar refractivity (Wildman–Crippen MR) is 91.0 cm³/mol. The molecule has 7 heteroatoms. The van der Waals surface area contributed by atoms with E-state index < -0.39 is 10.8 Å². The number of hydrogen-bond acceptors (Lipinski definition) is 3. The Labute approximate surface area is 144 Å². The maximum Gasteiger partial charge on any atom is 0.163 e. The lowest BCUT2D eigenvalue weighted by Crippen LogP contribution is -2.02. The lowest BCUT2D eigenvalue weighted by molar-refractivity contribution is 0.620. The topological polar surface area (TPSA) is 47.8 Å². The third kappa shape index (κ3) is 4.11. The highest BCUT2D eigenvalue weighted by atomic mass is 79.9. The molecule has 0 bridgehead atoms. The first kappa shape index (κ1) is 16.0. The van der Waals surface area contributed by atoms with Crippen molar-refractivity contribution >= 4 is 26.7 Å². The normalized spacial score (nSPS) is 12.3. The van der Waals surface area contributed by atoms with Gasteiger partial charge in [0.05, 0.1) is 15.9 Å². The molecule has 0 radical (unpaired) electrons. The number of rotatable bonds is 5. The standard InChI is InChI=1S/C16H13BrFN3OS/c17-14-8-12(6-7-15(14)18)9-23(22)10-16-19-11-21(20-16)13-4-2-1-3-5-13/h1-8,11H,9-10H2. The molecule has 3 aromatic rings. The summed E-state index contributed by atoms with van der Waals surface area (Å²) in [6, 6.07) is 14.2. The number of halogens is 2. The molecule has 4 nitrogen and oxygen atoms in total. The van der Waals surface area contributed by atoms with Crippen LogP contribution in [-0.4, -0.2) is 19.0 Å². The molecular weight excluding hydrogens is 381 g/mol. The van der Waals surface area contributed by atoms with Gasteiger partial charge in [0.2, 0.25) is 0 Å². The molecule has 0 aliphatic carbocycles. The van der Waals surface area contributed by atoms with E-state index in [1.165, 1.54) is 6.07 Å². The lowest BCUT2D eigenvalue weighted by atomic mass is 10.2. The first-order valence-corrected chi connectivity index (χ1v) is 9.15. The van der Waals surface area contributed by atoms with Crippen LogP contribution in [0.3, 0.4) is 0 Å². The van der Waals surface area contributed by atoms with Crippen LogP contribution in [-0.2, 0) is 22.3 Å². The van der Waals surface area contributed by atoms with Gasteiger partial charge in [0.25, 0.3) is 0 Å². The largest absolute Gasteiger partial charge is 0.259 e. The minimum absolute atomic E-state index is 0.259. The summed E-state index contributed by atoms with van der Waals surface area (Å²) in [7, 11) is -1.16. The van der Waals surface area contributed by atoms with Crippen LogP contribution in [0.1, 0.15) is 11.4 Å². The Morgan fingerprint density at radius 2 is 1.91 bits per heavy atom. The van der Waals surface area contributed by atoms with Crippen molar-refractivity contribution in [3.05, 3.63) is 76.5 Å². The Hall–Kier alpha value is -1.86. The maximum absolute atomic E-state index is 13.2. The van der Waals surface area contributed by atoms with Gasteiger partial charge in [-0.3, -0.25) is 4.21 Å². The van der Waals surface area contributed by atoms with Crippen molar-refractivity contribution in [3.63, 3.8) is 0 Å². The summed E-state index contributed by atoms with van der Waals surface area (Å²) >= 11 is 3.13. The first-order chi connectivity index (χ1) is 11.1. The van der Waals surface area contributed by atoms with Crippen molar-refractivity contribution in [1.82, 2.24) is 14.8 Å². The van der Waals surface area contributed by atoms with Crippen molar-refractivity contribution in [2.45, 2.75) is 11.5 Å². The van der Waals surface area contributed by atoms with Crippen molar-refractivity contribution in [2.24, 2.45) is 0 Å². The molecule has 0 N–H and O–H groups in total. The Balaban J connectivity index is 1.66. The zero-order chi connectivity index (χ0) is 16.2. The van der Waals surface area contributed by atoms with Crippen LogP contribution in [0.5, 0.6) is 0 Å². The molecule has 0 aliphatic rings. The van der Waals surface area contributed by atoms with E-state index in [1.54, 1.807) is 23.1 Å². The van der Waals surface area contributed by atoms with Crippen LogP contribution in [0.15, 0.2) is 59.3 Å². The summed E-state index contributed by atoms with van der Waals surface area (Å²) in [6.45, 7) is 0. The quantitative estimate of drug-likeness (QED) is 0.664. The number of benzene rings is 2. The molecule has 0 fully saturated rings. The van der Waals surface area contributed by atoms with E-state index in [0.717, 1.165) is 11.3 Å². The predicted octanol–water partition coefficient (Wildman–Crippen LogP) is 3.62. The summed E-state index contributed by atoms with van der Waals surface area (Å²) in [5, 5.41) is 4.34. The summed E-state index contributed by atoms with van der Waals surface area (Å²) in [5.41, 5.74) is 1.71.